The van der Waals surface area contributed by atoms with Gasteiger partial charge in [-0.05, 0) is 37.5 Å². The first kappa shape index (κ1) is 13.5. The van der Waals surface area contributed by atoms with Gasteiger partial charge in [0.25, 0.3) is 0 Å². The van der Waals surface area contributed by atoms with Gasteiger partial charge in [-0.25, -0.2) is 0 Å². The molecule has 0 aromatic carbocycles. The monoisotopic (exact) mass is 252 g/mol. The molecule has 1 heterocycles. The van der Waals surface area contributed by atoms with Crippen LogP contribution in [0, 0.1) is 11.3 Å². The third-order valence-corrected chi connectivity index (χ3v) is 4.20. The smallest absolute Gasteiger partial charge is 0.244 e. The third-order valence-electron chi connectivity index (χ3n) is 4.20. The lowest BCUT2D eigenvalue weighted by Crippen LogP contribution is -2.27. The van der Waals surface area contributed by atoms with Crippen molar-refractivity contribution in [3.8, 4) is 0 Å². The molecule has 1 aromatic heterocycles. The van der Waals surface area contributed by atoms with Crippen LogP contribution in [0.2, 0.25) is 0 Å². The molecule has 4 heteroatoms. The average molecular weight is 252 g/mol. The summed E-state index contributed by atoms with van der Waals surface area (Å²) in [5.74, 6) is 2.23. The largest absolute Gasteiger partial charge is 0.422 e. The second-order valence-electron chi connectivity index (χ2n) is 6.41. The number of hydrogen-bond donors (Lipinski definition) is 1. The quantitative estimate of drug-likeness (QED) is 0.872. The summed E-state index contributed by atoms with van der Waals surface area (Å²) in [6.07, 6.45) is 4.12. The van der Waals surface area contributed by atoms with Gasteiger partial charge in [0.15, 0.2) is 0 Å². The van der Waals surface area contributed by atoms with E-state index in [1.807, 2.05) is 0 Å². The summed E-state index contributed by atoms with van der Waals surface area (Å²) in [5.41, 5.74) is 0.440. The molecule has 4 nitrogen and oxygen atoms in total. The Morgan fingerprint density at radius 2 is 2.06 bits per heavy atom. The molecule has 0 spiro atoms. The first-order chi connectivity index (χ1) is 8.41. The summed E-state index contributed by atoms with van der Waals surface area (Å²) in [5, 5.41) is 17.3. The molecule has 0 radical (unpaired) electrons. The zero-order valence-electron chi connectivity index (χ0n) is 11.8. The van der Waals surface area contributed by atoms with Gasteiger partial charge in [0.05, 0.1) is 0 Å². The maximum absolute atomic E-state index is 9.35. The molecule has 2 rings (SSSR count). The molecule has 0 unspecified atom stereocenters. The predicted octanol–water partition coefficient (Wildman–Crippen LogP) is 3.44. The Bertz CT molecular complexity index is 392. The first-order valence-corrected chi connectivity index (χ1v) is 6.92. The molecule has 0 saturated heterocycles. The fraction of sp³-hybridized carbons (Fsp3) is 0.857. The highest BCUT2D eigenvalue weighted by Gasteiger charge is 2.36. The molecular weight excluding hydrogens is 228 g/mol. The third kappa shape index (κ3) is 2.91. The molecule has 102 valence electrons. The summed E-state index contributed by atoms with van der Waals surface area (Å²) in [6.45, 7) is 8.56. The minimum Gasteiger partial charge on any atom is -0.422 e. The summed E-state index contributed by atoms with van der Waals surface area (Å²) < 4.78 is 5.48. The van der Waals surface area contributed by atoms with Crippen LogP contribution in [0.5, 0.6) is 0 Å². The van der Waals surface area contributed by atoms with Crippen molar-refractivity contribution in [3.63, 3.8) is 0 Å². The van der Waals surface area contributed by atoms with Crippen LogP contribution in [0.15, 0.2) is 4.42 Å². The second-order valence-corrected chi connectivity index (χ2v) is 6.41. The topological polar surface area (TPSA) is 59.2 Å². The van der Waals surface area contributed by atoms with E-state index in [-0.39, 0.29) is 0 Å². The standard InChI is InChI=1S/C14H24N2O2/c1-5-14(3,4)8-10-6-11(7-10)13-16-15-12(18-13)9(2)17/h9-11,17H,5-8H2,1-4H3/t9-,10?,11?/m0/s1. The summed E-state index contributed by atoms with van der Waals surface area (Å²) >= 11 is 0. The van der Waals surface area contributed by atoms with Gasteiger partial charge in [0.2, 0.25) is 11.8 Å². The van der Waals surface area contributed by atoms with Crippen molar-refractivity contribution < 1.29 is 9.52 Å². The lowest BCUT2D eigenvalue weighted by Gasteiger charge is -2.38. The normalized spacial score (nSPS) is 25.8. The molecule has 0 aliphatic heterocycles. The number of nitrogens with zero attached hydrogens (tertiary/aromatic N) is 2. The molecule has 0 amide bonds. The van der Waals surface area contributed by atoms with Gasteiger partial charge in [-0.1, -0.05) is 27.2 Å². The van der Waals surface area contributed by atoms with Crippen molar-refractivity contribution in [2.45, 2.75) is 65.4 Å². The van der Waals surface area contributed by atoms with Crippen LogP contribution in [0.4, 0.5) is 0 Å². The maximum Gasteiger partial charge on any atom is 0.244 e. The van der Waals surface area contributed by atoms with Crippen LogP contribution in [0.1, 0.15) is 77.2 Å². The minimum atomic E-state index is -0.666. The van der Waals surface area contributed by atoms with Crippen LogP contribution in [-0.2, 0) is 0 Å². The van der Waals surface area contributed by atoms with E-state index in [0.717, 1.165) is 18.8 Å². The average Bonchev–Trinajstić information content (AvgIpc) is 2.72. The molecule has 1 aliphatic rings. The maximum atomic E-state index is 9.35. The first-order valence-electron chi connectivity index (χ1n) is 6.92. The van der Waals surface area contributed by atoms with E-state index in [0.29, 0.717) is 23.1 Å². The number of aromatic nitrogens is 2. The minimum absolute atomic E-state index is 0.335. The van der Waals surface area contributed by atoms with Gasteiger partial charge in [-0.3, -0.25) is 0 Å². The van der Waals surface area contributed by atoms with Crippen molar-refractivity contribution in [1.29, 1.82) is 0 Å². The molecule has 1 atom stereocenters. The van der Waals surface area contributed by atoms with Crippen molar-refractivity contribution in [3.05, 3.63) is 11.8 Å². The number of aliphatic hydroxyl groups is 1. The van der Waals surface area contributed by atoms with Crippen molar-refractivity contribution >= 4 is 0 Å². The van der Waals surface area contributed by atoms with Crippen LogP contribution in [0.3, 0.4) is 0 Å². The van der Waals surface area contributed by atoms with Crippen LogP contribution in [-0.4, -0.2) is 15.3 Å². The van der Waals surface area contributed by atoms with Crippen molar-refractivity contribution in [1.82, 2.24) is 10.2 Å². The fourth-order valence-corrected chi connectivity index (χ4v) is 2.61. The lowest BCUT2D eigenvalue weighted by molar-refractivity contribution is 0.135. The molecule has 1 saturated carbocycles. The molecule has 1 aliphatic carbocycles. The Hall–Kier alpha value is -0.900. The predicted molar refractivity (Wildman–Crippen MR) is 69.1 cm³/mol. The Kier molecular flexibility index (Phi) is 3.76. The van der Waals surface area contributed by atoms with Gasteiger partial charge in [-0.15, -0.1) is 10.2 Å². The Balaban J connectivity index is 1.85. The molecule has 1 fully saturated rings. The zero-order valence-corrected chi connectivity index (χ0v) is 11.8. The number of aliphatic hydroxyl groups excluding tert-OH is 1. The van der Waals surface area contributed by atoms with E-state index in [1.54, 1.807) is 6.92 Å². The van der Waals surface area contributed by atoms with Gasteiger partial charge in [0.1, 0.15) is 6.10 Å². The summed E-state index contributed by atoms with van der Waals surface area (Å²) in [6, 6.07) is 0. The van der Waals surface area contributed by atoms with E-state index < -0.39 is 6.10 Å². The van der Waals surface area contributed by atoms with Crippen molar-refractivity contribution in [2.24, 2.45) is 11.3 Å². The van der Waals surface area contributed by atoms with E-state index >= 15 is 0 Å². The van der Waals surface area contributed by atoms with E-state index in [1.165, 1.54) is 12.8 Å². The van der Waals surface area contributed by atoms with Gasteiger partial charge < -0.3 is 9.52 Å². The molecule has 1 aromatic rings. The highest BCUT2D eigenvalue weighted by atomic mass is 16.4. The van der Waals surface area contributed by atoms with Gasteiger partial charge in [-0.2, -0.15) is 0 Å². The molecule has 0 bridgehead atoms. The van der Waals surface area contributed by atoms with Crippen LogP contribution in [0.25, 0.3) is 0 Å². The Labute approximate surface area is 109 Å². The highest BCUT2D eigenvalue weighted by molar-refractivity contribution is 5.01. The fourth-order valence-electron chi connectivity index (χ4n) is 2.61. The van der Waals surface area contributed by atoms with E-state index in [4.69, 9.17) is 4.42 Å². The van der Waals surface area contributed by atoms with E-state index in [2.05, 4.69) is 31.0 Å². The lowest BCUT2D eigenvalue weighted by atomic mass is 9.67. The van der Waals surface area contributed by atoms with Crippen LogP contribution >= 0.6 is 0 Å². The molecule has 18 heavy (non-hydrogen) atoms. The van der Waals surface area contributed by atoms with Crippen LogP contribution < -0.4 is 0 Å². The number of hydrogen-bond acceptors (Lipinski definition) is 4. The number of rotatable bonds is 5. The molecular formula is C14H24N2O2. The Morgan fingerprint density at radius 3 is 2.56 bits per heavy atom. The molecule has 1 N–H and O–H groups in total. The van der Waals surface area contributed by atoms with Gasteiger partial charge in [0, 0.05) is 5.92 Å². The highest BCUT2D eigenvalue weighted by Crippen LogP contribution is 2.47. The van der Waals surface area contributed by atoms with E-state index in [9.17, 15) is 5.11 Å². The zero-order chi connectivity index (χ0) is 13.3. The Morgan fingerprint density at radius 1 is 1.39 bits per heavy atom. The SMILES string of the molecule is CCC(C)(C)CC1CC(c2nnc([C@H](C)O)o2)C1. The van der Waals surface area contributed by atoms with Crippen molar-refractivity contribution in [2.75, 3.05) is 0 Å². The summed E-state index contributed by atoms with van der Waals surface area (Å²) in [7, 11) is 0. The second kappa shape index (κ2) is 5.00. The summed E-state index contributed by atoms with van der Waals surface area (Å²) in [4.78, 5) is 0. The van der Waals surface area contributed by atoms with Gasteiger partial charge >= 0.3 is 0 Å².